The molecule has 2 aromatic rings. The van der Waals surface area contributed by atoms with Gasteiger partial charge in [0.05, 0.1) is 0 Å². The predicted octanol–water partition coefficient (Wildman–Crippen LogP) is 2.50. The molecule has 0 amide bonds. The Morgan fingerprint density at radius 1 is 1.42 bits per heavy atom. The SMILES string of the molecule is Cc1cscc1-c1nc(=S)[nH][nH]1. The maximum absolute atomic E-state index is 4.86. The predicted molar refractivity (Wildman–Crippen MR) is 51.8 cm³/mol. The van der Waals surface area contributed by atoms with Crippen molar-refractivity contribution in [1.29, 1.82) is 0 Å². The van der Waals surface area contributed by atoms with Crippen LogP contribution in [0, 0.1) is 11.7 Å². The van der Waals surface area contributed by atoms with E-state index in [0.717, 1.165) is 11.4 Å². The summed E-state index contributed by atoms with van der Waals surface area (Å²) in [5.74, 6) is 0.818. The lowest BCUT2D eigenvalue weighted by atomic mass is 10.2. The third-order valence-corrected chi connectivity index (χ3v) is 2.67. The first-order valence-corrected chi connectivity index (χ1v) is 4.80. The molecule has 0 fully saturated rings. The number of nitrogens with zero attached hydrogens (tertiary/aromatic N) is 1. The van der Waals surface area contributed by atoms with E-state index in [1.54, 1.807) is 11.3 Å². The molecule has 0 bridgehead atoms. The molecule has 0 radical (unpaired) electrons. The zero-order chi connectivity index (χ0) is 8.55. The van der Waals surface area contributed by atoms with Gasteiger partial charge < -0.3 is 0 Å². The molecule has 0 unspecified atom stereocenters. The van der Waals surface area contributed by atoms with Gasteiger partial charge in [-0.1, -0.05) is 0 Å². The minimum atomic E-state index is 0.496. The van der Waals surface area contributed by atoms with Crippen molar-refractivity contribution in [2.24, 2.45) is 0 Å². The summed E-state index contributed by atoms with van der Waals surface area (Å²) in [6, 6.07) is 0. The summed E-state index contributed by atoms with van der Waals surface area (Å²) in [7, 11) is 0. The number of thiophene rings is 1. The molecular formula is C7H7N3S2. The smallest absolute Gasteiger partial charge is 0.213 e. The van der Waals surface area contributed by atoms with Crippen molar-refractivity contribution < 1.29 is 0 Å². The van der Waals surface area contributed by atoms with Gasteiger partial charge in [0.25, 0.3) is 0 Å². The molecule has 0 atom stereocenters. The molecule has 0 aliphatic rings. The second kappa shape index (κ2) is 2.84. The molecule has 3 nitrogen and oxygen atoms in total. The number of hydrogen-bond acceptors (Lipinski definition) is 3. The number of hydrogen-bond donors (Lipinski definition) is 2. The summed E-state index contributed by atoms with van der Waals surface area (Å²) >= 11 is 6.52. The van der Waals surface area contributed by atoms with Crippen LogP contribution in [0.15, 0.2) is 10.8 Å². The Bertz CT molecular complexity index is 437. The highest BCUT2D eigenvalue weighted by Gasteiger charge is 2.04. The van der Waals surface area contributed by atoms with Gasteiger partial charge in [-0.3, -0.25) is 10.2 Å². The summed E-state index contributed by atoms with van der Waals surface area (Å²) in [5.41, 5.74) is 2.34. The molecule has 2 heterocycles. The molecule has 0 saturated carbocycles. The Labute approximate surface area is 78.5 Å². The number of aromatic nitrogens is 3. The maximum Gasteiger partial charge on any atom is 0.213 e. The van der Waals surface area contributed by atoms with Crippen LogP contribution in [0.25, 0.3) is 11.4 Å². The lowest BCUT2D eigenvalue weighted by Gasteiger charge is -1.90. The summed E-state index contributed by atoms with van der Waals surface area (Å²) in [6.45, 7) is 2.05. The first kappa shape index (κ1) is 7.70. The number of rotatable bonds is 1. The summed E-state index contributed by atoms with van der Waals surface area (Å²) in [5, 5.41) is 9.82. The number of aromatic amines is 2. The Morgan fingerprint density at radius 3 is 2.75 bits per heavy atom. The first-order valence-electron chi connectivity index (χ1n) is 3.45. The summed E-state index contributed by atoms with van der Waals surface area (Å²) in [4.78, 5) is 4.12. The van der Waals surface area contributed by atoms with E-state index in [0.29, 0.717) is 4.77 Å². The zero-order valence-electron chi connectivity index (χ0n) is 6.42. The highest BCUT2D eigenvalue weighted by molar-refractivity contribution is 7.71. The van der Waals surface area contributed by atoms with E-state index >= 15 is 0 Å². The van der Waals surface area contributed by atoms with Gasteiger partial charge in [0.2, 0.25) is 4.77 Å². The van der Waals surface area contributed by atoms with Gasteiger partial charge >= 0.3 is 0 Å². The van der Waals surface area contributed by atoms with Crippen LogP contribution in [-0.2, 0) is 0 Å². The van der Waals surface area contributed by atoms with E-state index in [4.69, 9.17) is 12.2 Å². The molecule has 0 aliphatic heterocycles. The van der Waals surface area contributed by atoms with Gasteiger partial charge in [-0.25, -0.2) is 0 Å². The van der Waals surface area contributed by atoms with Gasteiger partial charge in [-0.05, 0) is 30.1 Å². The van der Waals surface area contributed by atoms with Crippen molar-refractivity contribution in [1.82, 2.24) is 15.2 Å². The molecule has 0 saturated heterocycles. The summed E-state index contributed by atoms with van der Waals surface area (Å²) in [6.07, 6.45) is 0. The lowest BCUT2D eigenvalue weighted by molar-refractivity contribution is 1.08. The minimum absolute atomic E-state index is 0.496. The van der Waals surface area contributed by atoms with E-state index < -0.39 is 0 Å². The monoisotopic (exact) mass is 197 g/mol. The quantitative estimate of drug-likeness (QED) is 0.690. The molecule has 0 aliphatic carbocycles. The molecule has 5 heteroatoms. The topological polar surface area (TPSA) is 44.5 Å². The Hall–Kier alpha value is -0.940. The number of H-pyrrole nitrogens is 2. The van der Waals surface area contributed by atoms with Crippen LogP contribution in [0.2, 0.25) is 0 Å². The lowest BCUT2D eigenvalue weighted by Crippen LogP contribution is -1.79. The van der Waals surface area contributed by atoms with E-state index in [9.17, 15) is 0 Å². The van der Waals surface area contributed by atoms with Crippen molar-refractivity contribution in [2.75, 3.05) is 0 Å². The molecular weight excluding hydrogens is 190 g/mol. The van der Waals surface area contributed by atoms with Crippen molar-refractivity contribution in [3.63, 3.8) is 0 Å². The minimum Gasteiger partial charge on any atom is -0.282 e. The van der Waals surface area contributed by atoms with Gasteiger partial charge in [0.1, 0.15) is 0 Å². The second-order valence-corrected chi connectivity index (χ2v) is 3.61. The van der Waals surface area contributed by atoms with Crippen LogP contribution in [0.5, 0.6) is 0 Å². The van der Waals surface area contributed by atoms with E-state index in [-0.39, 0.29) is 0 Å². The highest BCUT2D eigenvalue weighted by Crippen LogP contribution is 2.22. The Morgan fingerprint density at radius 2 is 2.25 bits per heavy atom. The van der Waals surface area contributed by atoms with E-state index in [1.165, 1.54) is 5.56 Å². The van der Waals surface area contributed by atoms with Crippen LogP contribution >= 0.6 is 23.6 Å². The molecule has 2 aromatic heterocycles. The van der Waals surface area contributed by atoms with Gasteiger partial charge in [-0.2, -0.15) is 16.3 Å². The van der Waals surface area contributed by atoms with Crippen molar-refractivity contribution in [3.05, 3.63) is 21.1 Å². The highest BCUT2D eigenvalue weighted by atomic mass is 32.1. The van der Waals surface area contributed by atoms with Crippen molar-refractivity contribution >= 4 is 23.6 Å². The number of aryl methyl sites for hydroxylation is 1. The first-order chi connectivity index (χ1) is 5.77. The molecule has 2 rings (SSSR count). The van der Waals surface area contributed by atoms with Crippen LogP contribution < -0.4 is 0 Å². The fraction of sp³-hybridized carbons (Fsp3) is 0.143. The molecule has 0 aromatic carbocycles. The fourth-order valence-electron chi connectivity index (χ4n) is 1.00. The van der Waals surface area contributed by atoms with Gasteiger partial charge in [0, 0.05) is 10.9 Å². The number of nitrogens with one attached hydrogen (secondary N) is 2. The maximum atomic E-state index is 4.86. The standard InChI is InChI=1S/C7H7N3S2/c1-4-2-12-3-5(4)6-8-7(11)10-9-6/h2-3H,1H3,(H2,8,9,10,11). The molecule has 62 valence electrons. The van der Waals surface area contributed by atoms with Crippen LogP contribution in [0.1, 0.15) is 5.56 Å². The second-order valence-electron chi connectivity index (χ2n) is 2.48. The zero-order valence-corrected chi connectivity index (χ0v) is 8.05. The van der Waals surface area contributed by atoms with Gasteiger partial charge in [0.15, 0.2) is 5.82 Å². The summed E-state index contributed by atoms with van der Waals surface area (Å²) < 4.78 is 0.496. The van der Waals surface area contributed by atoms with Crippen LogP contribution in [0.4, 0.5) is 0 Å². The molecule has 2 N–H and O–H groups in total. The van der Waals surface area contributed by atoms with Crippen LogP contribution in [-0.4, -0.2) is 15.2 Å². The third-order valence-electron chi connectivity index (χ3n) is 1.61. The molecule has 12 heavy (non-hydrogen) atoms. The average molecular weight is 197 g/mol. The normalized spacial score (nSPS) is 10.4. The Balaban J connectivity index is 2.57. The fourth-order valence-corrected chi connectivity index (χ4v) is 1.98. The Kier molecular flexibility index (Phi) is 1.82. The third kappa shape index (κ3) is 1.21. The van der Waals surface area contributed by atoms with Crippen LogP contribution in [0.3, 0.4) is 0 Å². The molecule has 0 spiro atoms. The average Bonchev–Trinajstić information content (AvgIpc) is 2.58. The van der Waals surface area contributed by atoms with Crippen molar-refractivity contribution in [2.45, 2.75) is 6.92 Å². The van der Waals surface area contributed by atoms with E-state index in [1.807, 2.05) is 0 Å². The van der Waals surface area contributed by atoms with E-state index in [2.05, 4.69) is 32.9 Å². The largest absolute Gasteiger partial charge is 0.282 e. The van der Waals surface area contributed by atoms with Gasteiger partial charge in [-0.15, -0.1) is 0 Å². The van der Waals surface area contributed by atoms with Crippen molar-refractivity contribution in [3.8, 4) is 11.4 Å².